The topological polar surface area (TPSA) is 107 Å². The minimum absolute atomic E-state index is 0.0551. The Labute approximate surface area is 196 Å². The molecular formula is C23H19F3N6O3. The van der Waals surface area contributed by atoms with Gasteiger partial charge in [0.2, 0.25) is 5.88 Å². The van der Waals surface area contributed by atoms with Gasteiger partial charge < -0.3 is 14.6 Å². The largest absolute Gasteiger partial charge is 0.439 e. The molecule has 1 aliphatic carbocycles. The van der Waals surface area contributed by atoms with Crippen molar-refractivity contribution in [1.29, 1.82) is 0 Å². The van der Waals surface area contributed by atoms with Crippen molar-refractivity contribution in [2.24, 2.45) is 0 Å². The van der Waals surface area contributed by atoms with Crippen molar-refractivity contribution in [3.63, 3.8) is 0 Å². The molecule has 12 heteroatoms. The summed E-state index contributed by atoms with van der Waals surface area (Å²) >= 11 is 0. The molecule has 4 heterocycles. The number of nitrogens with one attached hydrogen (secondary N) is 2. The predicted molar refractivity (Wildman–Crippen MR) is 117 cm³/mol. The quantitative estimate of drug-likeness (QED) is 0.438. The maximum absolute atomic E-state index is 13.3. The van der Waals surface area contributed by atoms with Crippen LogP contribution in [0.25, 0.3) is 10.9 Å². The second kappa shape index (κ2) is 7.80. The molecule has 0 bridgehead atoms. The van der Waals surface area contributed by atoms with Crippen LogP contribution in [0, 0.1) is 0 Å². The fourth-order valence-electron chi connectivity index (χ4n) is 4.34. The number of nitrogens with zero attached hydrogens (tertiary/aromatic N) is 4. The molecule has 2 N–H and O–H groups in total. The molecular weight excluding hydrogens is 465 g/mol. The molecule has 180 valence electrons. The van der Waals surface area contributed by atoms with Gasteiger partial charge in [-0.25, -0.2) is 14.8 Å². The van der Waals surface area contributed by atoms with Crippen LogP contribution in [0.4, 0.5) is 23.8 Å². The first-order valence-corrected chi connectivity index (χ1v) is 11.0. The predicted octanol–water partition coefficient (Wildman–Crippen LogP) is 4.53. The number of carbonyl (C=O) groups is 1. The SMILES string of the molecule is O=C(Nc1cc(C2(C(F)(F)F)CC2)on1)n1ccc2cc(Oc3ncnc4c3CCNC4)ccc21. The van der Waals surface area contributed by atoms with Gasteiger partial charge in [-0.05, 0) is 50.1 Å². The molecule has 3 aromatic heterocycles. The number of fused-ring (bicyclic) bond motifs is 2. The first kappa shape index (κ1) is 21.6. The standard InChI is InChI=1S/C23H19F3N6O3/c24-23(25,26)22(5-6-22)18-10-19(31-35-18)30-21(33)32-8-4-13-9-14(1-2-17(13)32)34-20-15-3-7-27-11-16(15)28-12-29-20/h1-2,4,8-10,12,27H,3,5-7,11H2,(H,30,31,33). The lowest BCUT2D eigenvalue weighted by Gasteiger charge is -2.18. The summed E-state index contributed by atoms with van der Waals surface area (Å²) in [4.78, 5) is 21.4. The lowest BCUT2D eigenvalue weighted by atomic mass is 10.0. The molecule has 1 amide bonds. The third-order valence-corrected chi connectivity index (χ3v) is 6.44. The van der Waals surface area contributed by atoms with Crippen LogP contribution >= 0.6 is 0 Å². The average Bonchev–Trinajstić information content (AvgIpc) is 3.36. The van der Waals surface area contributed by atoms with Gasteiger partial charge in [-0.2, -0.15) is 13.2 Å². The van der Waals surface area contributed by atoms with Crippen molar-refractivity contribution in [2.75, 3.05) is 11.9 Å². The Morgan fingerprint density at radius 3 is 2.86 bits per heavy atom. The van der Waals surface area contributed by atoms with Crippen molar-refractivity contribution >= 4 is 22.8 Å². The lowest BCUT2D eigenvalue weighted by Crippen LogP contribution is -2.28. The molecule has 1 aliphatic heterocycles. The Balaban J connectivity index is 1.20. The number of ether oxygens (including phenoxy) is 1. The number of hydrogen-bond acceptors (Lipinski definition) is 7. The number of rotatable bonds is 4. The van der Waals surface area contributed by atoms with Gasteiger partial charge in [0.05, 0.1) is 11.2 Å². The van der Waals surface area contributed by atoms with E-state index in [0.717, 1.165) is 35.7 Å². The Bertz CT molecular complexity index is 1440. The molecule has 2 aliphatic rings. The molecule has 4 aromatic rings. The minimum Gasteiger partial charge on any atom is -0.439 e. The van der Waals surface area contributed by atoms with Gasteiger partial charge in [-0.15, -0.1) is 0 Å². The molecule has 35 heavy (non-hydrogen) atoms. The van der Waals surface area contributed by atoms with Gasteiger partial charge >= 0.3 is 12.2 Å². The zero-order chi connectivity index (χ0) is 24.2. The molecule has 6 rings (SSSR count). The molecule has 0 unspecified atom stereocenters. The fourth-order valence-corrected chi connectivity index (χ4v) is 4.34. The number of aromatic nitrogens is 4. The number of halogens is 3. The molecule has 1 fully saturated rings. The van der Waals surface area contributed by atoms with Crippen LogP contribution in [0.5, 0.6) is 11.6 Å². The van der Waals surface area contributed by atoms with E-state index in [9.17, 15) is 18.0 Å². The third kappa shape index (κ3) is 3.70. The van der Waals surface area contributed by atoms with Crippen LogP contribution in [-0.4, -0.2) is 38.4 Å². The molecule has 9 nitrogen and oxygen atoms in total. The second-order valence-corrected chi connectivity index (χ2v) is 8.63. The maximum Gasteiger partial charge on any atom is 0.401 e. The normalized spacial score (nSPS) is 16.7. The van der Waals surface area contributed by atoms with E-state index < -0.39 is 17.6 Å². The summed E-state index contributed by atoms with van der Waals surface area (Å²) in [5, 5.41) is 10.1. The maximum atomic E-state index is 13.3. The summed E-state index contributed by atoms with van der Waals surface area (Å²) in [6, 6.07) is 7.50. The van der Waals surface area contributed by atoms with Gasteiger partial charge in [-0.3, -0.25) is 9.88 Å². The second-order valence-electron chi connectivity index (χ2n) is 8.63. The zero-order valence-corrected chi connectivity index (χ0v) is 18.2. The summed E-state index contributed by atoms with van der Waals surface area (Å²) in [5.74, 6) is 0.688. The molecule has 0 atom stereocenters. The van der Waals surface area contributed by atoms with Crippen LogP contribution in [-0.2, 0) is 18.4 Å². The molecule has 0 saturated heterocycles. The number of carbonyl (C=O) groups excluding carboxylic acids is 1. The highest BCUT2D eigenvalue weighted by atomic mass is 19.4. The van der Waals surface area contributed by atoms with E-state index in [1.165, 1.54) is 10.9 Å². The Morgan fingerprint density at radius 2 is 2.06 bits per heavy atom. The van der Waals surface area contributed by atoms with E-state index in [0.29, 0.717) is 23.7 Å². The van der Waals surface area contributed by atoms with Crippen LogP contribution in [0.1, 0.15) is 29.9 Å². The summed E-state index contributed by atoms with van der Waals surface area (Å²) in [6.07, 6.45) is -0.748. The van der Waals surface area contributed by atoms with Gasteiger partial charge in [0, 0.05) is 29.8 Å². The monoisotopic (exact) mass is 484 g/mol. The first-order chi connectivity index (χ1) is 16.8. The van der Waals surface area contributed by atoms with Crippen molar-refractivity contribution in [3.05, 3.63) is 59.9 Å². The Kier molecular flexibility index (Phi) is 4.81. The highest BCUT2D eigenvalue weighted by Crippen LogP contribution is 2.59. The average molecular weight is 484 g/mol. The van der Waals surface area contributed by atoms with E-state index in [1.807, 2.05) is 0 Å². The smallest absolute Gasteiger partial charge is 0.401 e. The number of benzene rings is 1. The van der Waals surface area contributed by atoms with Crippen molar-refractivity contribution in [1.82, 2.24) is 25.0 Å². The van der Waals surface area contributed by atoms with Gasteiger partial charge in [0.1, 0.15) is 17.5 Å². The Hall–Kier alpha value is -3.93. The summed E-state index contributed by atoms with van der Waals surface area (Å²) in [6.45, 7) is 1.48. The Morgan fingerprint density at radius 1 is 1.20 bits per heavy atom. The van der Waals surface area contributed by atoms with Crippen LogP contribution in [0.2, 0.25) is 0 Å². The summed E-state index contributed by atoms with van der Waals surface area (Å²) < 4.78 is 52.2. The van der Waals surface area contributed by atoms with Crippen LogP contribution in [0.3, 0.4) is 0 Å². The van der Waals surface area contributed by atoms with E-state index >= 15 is 0 Å². The van der Waals surface area contributed by atoms with Crippen molar-refractivity contribution < 1.29 is 27.2 Å². The summed E-state index contributed by atoms with van der Waals surface area (Å²) in [7, 11) is 0. The first-order valence-electron chi connectivity index (χ1n) is 11.0. The number of amides is 1. The van der Waals surface area contributed by atoms with E-state index in [2.05, 4.69) is 25.8 Å². The van der Waals surface area contributed by atoms with Gasteiger partial charge in [0.15, 0.2) is 11.6 Å². The molecule has 1 aromatic carbocycles. The van der Waals surface area contributed by atoms with Gasteiger partial charge in [0.25, 0.3) is 0 Å². The number of hydrogen-bond donors (Lipinski definition) is 2. The van der Waals surface area contributed by atoms with Gasteiger partial charge in [-0.1, -0.05) is 5.16 Å². The van der Waals surface area contributed by atoms with Crippen molar-refractivity contribution in [2.45, 2.75) is 37.4 Å². The van der Waals surface area contributed by atoms with Crippen LogP contribution in [0.15, 0.2) is 47.4 Å². The van der Waals surface area contributed by atoms with E-state index in [-0.39, 0.29) is 24.4 Å². The minimum atomic E-state index is -4.42. The third-order valence-electron chi connectivity index (χ3n) is 6.44. The lowest BCUT2D eigenvalue weighted by molar-refractivity contribution is -0.165. The van der Waals surface area contributed by atoms with E-state index in [1.54, 1.807) is 30.5 Å². The number of alkyl halides is 3. The van der Waals surface area contributed by atoms with Crippen LogP contribution < -0.4 is 15.4 Å². The molecule has 1 saturated carbocycles. The summed E-state index contributed by atoms with van der Waals surface area (Å²) in [5.41, 5.74) is 0.457. The van der Waals surface area contributed by atoms with Crippen molar-refractivity contribution in [3.8, 4) is 11.6 Å². The van der Waals surface area contributed by atoms with E-state index in [4.69, 9.17) is 9.26 Å². The highest BCUT2D eigenvalue weighted by Gasteiger charge is 2.66. The number of anilines is 1. The molecule has 0 spiro atoms. The highest BCUT2D eigenvalue weighted by molar-refractivity contribution is 5.98. The molecule has 0 radical (unpaired) electrons. The fraction of sp³-hybridized carbons (Fsp3) is 0.304. The zero-order valence-electron chi connectivity index (χ0n) is 18.2.